The highest BCUT2D eigenvalue weighted by molar-refractivity contribution is 7.17. The molecular formula is C14H9Cl2N3OS. The molecule has 0 aliphatic carbocycles. The van der Waals surface area contributed by atoms with Crippen LogP contribution in [0.25, 0.3) is 10.1 Å². The minimum atomic E-state index is -0.425. The van der Waals surface area contributed by atoms with Gasteiger partial charge in [-0.15, -0.1) is 11.3 Å². The van der Waals surface area contributed by atoms with E-state index in [0.717, 1.165) is 10.1 Å². The van der Waals surface area contributed by atoms with Gasteiger partial charge in [0.1, 0.15) is 0 Å². The Hall–Kier alpha value is -1.82. The molecule has 106 valence electrons. The molecule has 0 fully saturated rings. The van der Waals surface area contributed by atoms with Crippen molar-refractivity contribution in [3.05, 3.63) is 52.1 Å². The van der Waals surface area contributed by atoms with Crippen LogP contribution in [-0.2, 0) is 0 Å². The number of anilines is 2. The van der Waals surface area contributed by atoms with Gasteiger partial charge in [-0.05, 0) is 23.6 Å². The van der Waals surface area contributed by atoms with Crippen LogP contribution in [0.2, 0.25) is 10.0 Å². The van der Waals surface area contributed by atoms with Crippen LogP contribution in [0.4, 0.5) is 16.2 Å². The average Bonchev–Trinajstić information content (AvgIpc) is 2.93. The molecule has 2 N–H and O–H groups in total. The largest absolute Gasteiger partial charge is 0.323 e. The fourth-order valence-corrected chi connectivity index (χ4v) is 3.15. The second kappa shape index (κ2) is 5.89. The monoisotopic (exact) mass is 337 g/mol. The lowest BCUT2D eigenvalue weighted by atomic mass is 10.3. The van der Waals surface area contributed by atoms with E-state index >= 15 is 0 Å². The van der Waals surface area contributed by atoms with Crippen LogP contribution in [0, 0.1) is 0 Å². The Bertz CT molecular complexity index is 799. The number of carbonyl (C=O) groups excluding carboxylic acids is 1. The van der Waals surface area contributed by atoms with Crippen molar-refractivity contribution in [1.82, 2.24) is 4.98 Å². The number of halogens is 2. The molecular weight excluding hydrogens is 329 g/mol. The molecule has 3 rings (SSSR count). The maximum absolute atomic E-state index is 12.1. The van der Waals surface area contributed by atoms with Crippen molar-refractivity contribution in [2.75, 3.05) is 10.6 Å². The number of nitrogens with zero attached hydrogens (tertiary/aromatic N) is 1. The van der Waals surface area contributed by atoms with Crippen LogP contribution in [0.5, 0.6) is 0 Å². The van der Waals surface area contributed by atoms with Gasteiger partial charge in [-0.3, -0.25) is 4.98 Å². The van der Waals surface area contributed by atoms with E-state index in [4.69, 9.17) is 23.2 Å². The first-order valence-corrected chi connectivity index (χ1v) is 7.62. The summed E-state index contributed by atoms with van der Waals surface area (Å²) in [5.74, 6) is 0. The first-order chi connectivity index (χ1) is 10.1. The number of rotatable bonds is 2. The highest BCUT2D eigenvalue weighted by Crippen LogP contribution is 2.30. The zero-order chi connectivity index (χ0) is 14.8. The summed E-state index contributed by atoms with van der Waals surface area (Å²) in [5.41, 5.74) is 1.01. The molecule has 1 aromatic carbocycles. The van der Waals surface area contributed by atoms with Gasteiger partial charge in [-0.25, -0.2) is 4.79 Å². The second-order valence-corrected chi connectivity index (χ2v) is 5.96. The van der Waals surface area contributed by atoms with Crippen molar-refractivity contribution in [2.24, 2.45) is 0 Å². The minimum Gasteiger partial charge on any atom is -0.306 e. The maximum atomic E-state index is 12.1. The number of thiophene rings is 1. The highest BCUT2D eigenvalue weighted by atomic mass is 35.5. The first-order valence-electron chi connectivity index (χ1n) is 5.98. The normalized spacial score (nSPS) is 10.6. The molecule has 4 nitrogen and oxygen atoms in total. The van der Waals surface area contributed by atoms with E-state index in [1.165, 1.54) is 0 Å². The van der Waals surface area contributed by atoms with Gasteiger partial charge in [0, 0.05) is 11.6 Å². The summed E-state index contributed by atoms with van der Waals surface area (Å²) in [6.45, 7) is 0. The third-order valence-corrected chi connectivity index (χ3v) is 4.31. The Kier molecular flexibility index (Phi) is 3.96. The molecule has 0 atom stereocenters. The summed E-state index contributed by atoms with van der Waals surface area (Å²) >= 11 is 13.6. The van der Waals surface area contributed by atoms with Crippen LogP contribution >= 0.6 is 34.5 Å². The van der Waals surface area contributed by atoms with Gasteiger partial charge in [0.2, 0.25) is 0 Å². The molecule has 0 unspecified atom stereocenters. The Morgan fingerprint density at radius 2 is 1.86 bits per heavy atom. The molecule has 2 amide bonds. The number of amides is 2. The molecule has 3 aromatic rings. The van der Waals surface area contributed by atoms with Gasteiger partial charge in [-0.1, -0.05) is 29.3 Å². The Labute approximate surface area is 134 Å². The molecule has 0 bridgehead atoms. The summed E-state index contributed by atoms with van der Waals surface area (Å²) in [6, 6.07) is 6.53. The van der Waals surface area contributed by atoms with E-state index < -0.39 is 6.03 Å². The lowest BCUT2D eigenvalue weighted by molar-refractivity contribution is 0.262. The average molecular weight is 338 g/mol. The molecule has 0 saturated carbocycles. The number of para-hydroxylation sites is 1. The lowest BCUT2D eigenvalue weighted by Crippen LogP contribution is -2.20. The molecule has 0 saturated heterocycles. The van der Waals surface area contributed by atoms with E-state index in [9.17, 15) is 4.79 Å². The molecule has 2 aromatic heterocycles. The number of urea groups is 1. The second-order valence-electron chi connectivity index (χ2n) is 4.20. The van der Waals surface area contributed by atoms with Crippen molar-refractivity contribution < 1.29 is 4.79 Å². The first kappa shape index (κ1) is 14.1. The van der Waals surface area contributed by atoms with E-state index in [1.54, 1.807) is 41.9 Å². The number of nitrogens with one attached hydrogen (secondary N) is 2. The zero-order valence-electron chi connectivity index (χ0n) is 10.6. The molecule has 0 spiro atoms. The van der Waals surface area contributed by atoms with Gasteiger partial charge in [0.15, 0.2) is 0 Å². The smallest absolute Gasteiger partial charge is 0.306 e. The van der Waals surface area contributed by atoms with Gasteiger partial charge in [0.25, 0.3) is 0 Å². The molecule has 0 aliphatic rings. The number of hydrogen-bond acceptors (Lipinski definition) is 3. The van der Waals surface area contributed by atoms with Crippen molar-refractivity contribution in [1.29, 1.82) is 0 Å². The van der Waals surface area contributed by atoms with Gasteiger partial charge in [-0.2, -0.15) is 0 Å². The predicted molar refractivity (Wildman–Crippen MR) is 88.7 cm³/mol. The quantitative estimate of drug-likeness (QED) is 0.671. The number of aromatic nitrogens is 1. The maximum Gasteiger partial charge on any atom is 0.323 e. The fourth-order valence-electron chi connectivity index (χ4n) is 1.88. The number of pyridine rings is 1. The van der Waals surface area contributed by atoms with Crippen molar-refractivity contribution in [2.45, 2.75) is 0 Å². The third-order valence-electron chi connectivity index (χ3n) is 2.83. The van der Waals surface area contributed by atoms with Crippen molar-refractivity contribution >= 4 is 62.0 Å². The summed E-state index contributed by atoms with van der Waals surface area (Å²) in [5, 5.41) is 9.04. The number of hydrogen-bond donors (Lipinski definition) is 2. The third kappa shape index (κ3) is 2.95. The van der Waals surface area contributed by atoms with E-state index in [0.29, 0.717) is 21.4 Å². The van der Waals surface area contributed by atoms with Gasteiger partial charge in [0.05, 0.1) is 32.3 Å². The number of carbonyl (C=O) groups is 1. The van der Waals surface area contributed by atoms with Gasteiger partial charge >= 0.3 is 6.03 Å². The Balaban J connectivity index is 1.82. The summed E-state index contributed by atoms with van der Waals surface area (Å²) in [7, 11) is 0. The van der Waals surface area contributed by atoms with Crippen LogP contribution in [0.15, 0.2) is 42.0 Å². The topological polar surface area (TPSA) is 54.0 Å². The van der Waals surface area contributed by atoms with Crippen LogP contribution in [0.3, 0.4) is 0 Å². The van der Waals surface area contributed by atoms with Gasteiger partial charge < -0.3 is 10.6 Å². The van der Waals surface area contributed by atoms with Crippen molar-refractivity contribution in [3.8, 4) is 0 Å². The van der Waals surface area contributed by atoms with E-state index in [-0.39, 0.29) is 0 Å². The molecule has 0 aliphatic heterocycles. The van der Waals surface area contributed by atoms with E-state index in [2.05, 4.69) is 15.6 Å². The molecule has 21 heavy (non-hydrogen) atoms. The lowest BCUT2D eigenvalue weighted by Gasteiger charge is -2.10. The Morgan fingerprint density at radius 1 is 1.10 bits per heavy atom. The summed E-state index contributed by atoms with van der Waals surface area (Å²) in [6.07, 6.45) is 3.36. The SMILES string of the molecule is O=C(Nc1c(Cl)cccc1Cl)Nc1cncc2sccc12. The zero-order valence-corrected chi connectivity index (χ0v) is 12.9. The summed E-state index contributed by atoms with van der Waals surface area (Å²) in [4.78, 5) is 16.2. The Morgan fingerprint density at radius 3 is 2.62 bits per heavy atom. The predicted octanol–water partition coefficient (Wildman–Crippen LogP) is 5.25. The summed E-state index contributed by atoms with van der Waals surface area (Å²) < 4.78 is 1.00. The standard InChI is InChI=1S/C14H9Cl2N3OS/c15-9-2-1-3-10(16)13(9)19-14(20)18-11-6-17-7-12-8(11)4-5-21-12/h1-7H,(H2,18,19,20). The molecule has 7 heteroatoms. The van der Waals surface area contributed by atoms with E-state index in [1.807, 2.05) is 11.4 Å². The van der Waals surface area contributed by atoms with Crippen molar-refractivity contribution in [3.63, 3.8) is 0 Å². The molecule has 0 radical (unpaired) electrons. The van der Waals surface area contributed by atoms with Crippen LogP contribution in [0.1, 0.15) is 0 Å². The number of benzene rings is 1. The van der Waals surface area contributed by atoms with Crippen LogP contribution in [-0.4, -0.2) is 11.0 Å². The fraction of sp³-hybridized carbons (Fsp3) is 0. The minimum absolute atomic E-state index is 0.379. The number of fused-ring (bicyclic) bond motifs is 1. The highest BCUT2D eigenvalue weighted by Gasteiger charge is 2.11. The van der Waals surface area contributed by atoms with Crippen LogP contribution < -0.4 is 10.6 Å². The molecule has 2 heterocycles.